The zero-order valence-electron chi connectivity index (χ0n) is 12.5. The third-order valence-electron chi connectivity index (χ3n) is 3.03. The van der Waals surface area contributed by atoms with Gasteiger partial charge in [0, 0.05) is 0 Å². The molecule has 0 bridgehead atoms. The van der Waals surface area contributed by atoms with Crippen molar-refractivity contribution < 1.29 is 14.3 Å². The van der Waals surface area contributed by atoms with Gasteiger partial charge in [-0.05, 0) is 81.7 Å². The largest absolute Gasteiger partial charge is 0.493 e. The van der Waals surface area contributed by atoms with Gasteiger partial charge in [-0.2, -0.15) is 0 Å². The lowest BCUT2D eigenvalue weighted by Gasteiger charge is -2.14. The predicted molar refractivity (Wildman–Crippen MR) is 106 cm³/mol. The molecule has 0 atom stereocenters. The summed E-state index contributed by atoms with van der Waals surface area (Å²) in [7, 11) is 1.55. The van der Waals surface area contributed by atoms with E-state index in [2.05, 4.69) is 22.6 Å². The second-order valence-electron chi connectivity index (χ2n) is 4.71. The summed E-state index contributed by atoms with van der Waals surface area (Å²) in [6, 6.07) is 8.96. The standard InChI is InChI=1S/C17H12Cl3IO3/c1-23-15-8-10(3-5-16(20)22)7-14(21)17(15)24-9-11-2-4-12(18)13(19)6-11/h2-8H,9H2,1H3/b5-3+. The molecule has 0 N–H and O–H groups in total. The molecule has 24 heavy (non-hydrogen) atoms. The maximum Gasteiger partial charge on any atom is 0.245 e. The molecule has 0 aromatic heterocycles. The Labute approximate surface area is 168 Å². The van der Waals surface area contributed by atoms with Crippen molar-refractivity contribution in [2.45, 2.75) is 6.61 Å². The number of carbonyl (C=O) groups excluding carboxylic acids is 1. The van der Waals surface area contributed by atoms with E-state index in [4.69, 9.17) is 44.3 Å². The summed E-state index contributed by atoms with van der Waals surface area (Å²) < 4.78 is 12.1. The third kappa shape index (κ3) is 5.28. The number of hydrogen-bond donors (Lipinski definition) is 0. The Morgan fingerprint density at radius 3 is 2.58 bits per heavy atom. The summed E-state index contributed by atoms with van der Waals surface area (Å²) in [5.74, 6) is 1.17. The van der Waals surface area contributed by atoms with Gasteiger partial charge >= 0.3 is 0 Å². The van der Waals surface area contributed by atoms with Crippen LogP contribution < -0.4 is 9.47 Å². The monoisotopic (exact) mass is 496 g/mol. The second-order valence-corrected chi connectivity index (χ2v) is 7.06. The van der Waals surface area contributed by atoms with Gasteiger partial charge in [0.2, 0.25) is 5.24 Å². The predicted octanol–water partition coefficient (Wildman–Crippen LogP) is 5.96. The highest BCUT2D eigenvalue weighted by atomic mass is 127. The quantitative estimate of drug-likeness (QED) is 0.281. The Balaban J connectivity index is 2.22. The fraction of sp³-hybridized carbons (Fsp3) is 0.118. The van der Waals surface area contributed by atoms with E-state index in [1.807, 2.05) is 12.1 Å². The number of benzene rings is 2. The van der Waals surface area contributed by atoms with Gasteiger partial charge in [0.1, 0.15) is 6.61 Å². The van der Waals surface area contributed by atoms with E-state index in [9.17, 15) is 4.79 Å². The molecule has 0 aliphatic heterocycles. The molecule has 2 rings (SSSR count). The van der Waals surface area contributed by atoms with Crippen LogP contribution in [0.15, 0.2) is 36.4 Å². The molecule has 0 heterocycles. The molecule has 7 heteroatoms. The van der Waals surface area contributed by atoms with Crippen LogP contribution >= 0.6 is 57.4 Å². The van der Waals surface area contributed by atoms with E-state index in [-0.39, 0.29) is 0 Å². The van der Waals surface area contributed by atoms with Crippen molar-refractivity contribution >= 4 is 68.7 Å². The van der Waals surface area contributed by atoms with Crippen LogP contribution in [-0.4, -0.2) is 12.4 Å². The zero-order chi connectivity index (χ0) is 17.7. The summed E-state index contributed by atoms with van der Waals surface area (Å²) in [4.78, 5) is 10.8. The van der Waals surface area contributed by atoms with Crippen molar-refractivity contribution in [3.8, 4) is 11.5 Å². The summed E-state index contributed by atoms with van der Waals surface area (Å²) >= 11 is 19.4. The molecule has 0 amide bonds. The normalized spacial score (nSPS) is 10.9. The van der Waals surface area contributed by atoms with Crippen LogP contribution in [0.1, 0.15) is 11.1 Å². The molecule has 0 aliphatic rings. The summed E-state index contributed by atoms with van der Waals surface area (Å²) in [6.07, 6.45) is 2.89. The van der Waals surface area contributed by atoms with Gasteiger partial charge in [0.25, 0.3) is 0 Å². The smallest absolute Gasteiger partial charge is 0.245 e. The second kappa shape index (κ2) is 8.94. The first-order valence-corrected chi connectivity index (χ1v) is 8.93. The van der Waals surface area contributed by atoms with Gasteiger partial charge in [-0.3, -0.25) is 4.79 Å². The molecule has 0 fully saturated rings. The van der Waals surface area contributed by atoms with E-state index < -0.39 is 5.24 Å². The van der Waals surface area contributed by atoms with Crippen LogP contribution in [0.2, 0.25) is 10.0 Å². The van der Waals surface area contributed by atoms with Crippen LogP contribution in [-0.2, 0) is 11.4 Å². The first-order chi connectivity index (χ1) is 11.4. The minimum atomic E-state index is -0.538. The average Bonchev–Trinajstić information content (AvgIpc) is 2.54. The molecule has 0 unspecified atom stereocenters. The topological polar surface area (TPSA) is 35.5 Å². The first kappa shape index (κ1) is 19.4. The minimum absolute atomic E-state index is 0.318. The van der Waals surface area contributed by atoms with Gasteiger partial charge in [0.15, 0.2) is 11.5 Å². The highest BCUT2D eigenvalue weighted by molar-refractivity contribution is 14.1. The van der Waals surface area contributed by atoms with Crippen molar-refractivity contribution in [1.29, 1.82) is 0 Å². The Morgan fingerprint density at radius 2 is 1.96 bits per heavy atom. The zero-order valence-corrected chi connectivity index (χ0v) is 16.9. The lowest BCUT2D eigenvalue weighted by molar-refractivity contribution is -0.107. The minimum Gasteiger partial charge on any atom is -0.493 e. The number of methoxy groups -OCH3 is 1. The maximum absolute atomic E-state index is 10.8. The van der Waals surface area contributed by atoms with Crippen molar-refractivity contribution in [2.24, 2.45) is 0 Å². The number of ether oxygens (including phenoxy) is 2. The average molecular weight is 498 g/mol. The lowest BCUT2D eigenvalue weighted by atomic mass is 10.2. The lowest BCUT2D eigenvalue weighted by Crippen LogP contribution is -2.00. The van der Waals surface area contributed by atoms with Crippen molar-refractivity contribution in [3.63, 3.8) is 0 Å². The molecule has 0 saturated carbocycles. The van der Waals surface area contributed by atoms with Crippen LogP contribution in [0.5, 0.6) is 11.5 Å². The Bertz CT molecular complexity index is 791. The van der Waals surface area contributed by atoms with Gasteiger partial charge in [0.05, 0.1) is 20.7 Å². The van der Waals surface area contributed by atoms with Gasteiger partial charge in [-0.25, -0.2) is 0 Å². The third-order valence-corrected chi connectivity index (χ3v) is 4.69. The van der Waals surface area contributed by atoms with Crippen LogP contribution in [0, 0.1) is 3.57 Å². The molecule has 3 nitrogen and oxygen atoms in total. The van der Waals surface area contributed by atoms with Gasteiger partial charge in [-0.1, -0.05) is 29.3 Å². The Morgan fingerprint density at radius 1 is 1.21 bits per heavy atom. The fourth-order valence-corrected chi connectivity index (χ4v) is 3.09. The molecule has 0 saturated heterocycles. The van der Waals surface area contributed by atoms with Crippen molar-refractivity contribution in [3.05, 3.63) is 61.2 Å². The summed E-state index contributed by atoms with van der Waals surface area (Å²) in [6.45, 7) is 0.318. The van der Waals surface area contributed by atoms with E-state index in [0.29, 0.717) is 28.2 Å². The maximum atomic E-state index is 10.8. The SMILES string of the molecule is COc1cc(/C=C/C(=O)Cl)cc(I)c1OCc1ccc(Cl)c(Cl)c1. The highest BCUT2D eigenvalue weighted by Gasteiger charge is 2.12. The Kier molecular flexibility index (Phi) is 7.22. The number of carbonyl (C=O) groups is 1. The first-order valence-electron chi connectivity index (χ1n) is 6.72. The van der Waals surface area contributed by atoms with Crippen LogP contribution in [0.4, 0.5) is 0 Å². The summed E-state index contributed by atoms with van der Waals surface area (Å²) in [5, 5.41) is 0.437. The number of rotatable bonds is 6. The van der Waals surface area contributed by atoms with Crippen molar-refractivity contribution in [2.75, 3.05) is 7.11 Å². The van der Waals surface area contributed by atoms with E-state index >= 15 is 0 Å². The molecular weight excluding hydrogens is 485 g/mol. The number of allylic oxidation sites excluding steroid dienone is 1. The van der Waals surface area contributed by atoms with Crippen molar-refractivity contribution in [1.82, 2.24) is 0 Å². The Hall–Kier alpha value is -0.950. The van der Waals surface area contributed by atoms with Crippen LogP contribution in [0.25, 0.3) is 6.08 Å². The molecule has 2 aromatic carbocycles. The molecule has 126 valence electrons. The molecule has 0 aliphatic carbocycles. The van der Waals surface area contributed by atoms with Gasteiger partial charge < -0.3 is 9.47 Å². The molecular formula is C17H12Cl3IO3. The van der Waals surface area contributed by atoms with E-state index in [1.54, 1.807) is 31.4 Å². The number of halogens is 4. The molecule has 0 radical (unpaired) electrons. The number of hydrogen-bond acceptors (Lipinski definition) is 3. The molecule has 0 spiro atoms. The van der Waals surface area contributed by atoms with Crippen LogP contribution in [0.3, 0.4) is 0 Å². The highest BCUT2D eigenvalue weighted by Crippen LogP contribution is 2.35. The fourth-order valence-electron chi connectivity index (χ4n) is 1.92. The van der Waals surface area contributed by atoms with Gasteiger partial charge in [-0.15, -0.1) is 0 Å². The molecule has 2 aromatic rings. The van der Waals surface area contributed by atoms with E-state index in [1.165, 1.54) is 6.08 Å². The summed E-state index contributed by atoms with van der Waals surface area (Å²) in [5.41, 5.74) is 1.67. The van der Waals surface area contributed by atoms with E-state index in [0.717, 1.165) is 14.7 Å².